The van der Waals surface area contributed by atoms with E-state index in [1.807, 2.05) is 0 Å². The molecular weight excluding hydrogens is 336 g/mol. The number of aromatic hydroxyl groups is 3. The zero-order valence-corrected chi connectivity index (χ0v) is 14.1. The molecule has 0 aliphatic rings. The van der Waals surface area contributed by atoms with E-state index in [2.05, 4.69) is 0 Å². The maximum absolute atomic E-state index is 12.9. The fourth-order valence-corrected chi connectivity index (χ4v) is 2.68. The van der Waals surface area contributed by atoms with E-state index in [0.717, 1.165) is 0 Å². The predicted molar refractivity (Wildman–Crippen MR) is 97.5 cm³/mol. The van der Waals surface area contributed by atoms with Gasteiger partial charge in [-0.05, 0) is 31.0 Å². The molecule has 0 aliphatic carbocycles. The van der Waals surface area contributed by atoms with Crippen LogP contribution in [0.4, 0.5) is 0 Å². The quantitative estimate of drug-likeness (QED) is 0.536. The summed E-state index contributed by atoms with van der Waals surface area (Å²) in [5.41, 5.74) is 1.24. The summed E-state index contributed by atoms with van der Waals surface area (Å²) in [6.07, 6.45) is 3.07. The predicted octanol–water partition coefficient (Wildman–Crippen LogP) is 3.06. The summed E-state index contributed by atoms with van der Waals surface area (Å²) in [7, 11) is 0. The molecule has 0 saturated heterocycles. The van der Waals surface area contributed by atoms with Gasteiger partial charge in [-0.3, -0.25) is 4.79 Å². The van der Waals surface area contributed by atoms with Crippen LogP contribution in [0.3, 0.4) is 0 Å². The minimum Gasteiger partial charge on any atom is -0.508 e. The van der Waals surface area contributed by atoms with Crippen molar-refractivity contribution in [1.29, 1.82) is 0 Å². The van der Waals surface area contributed by atoms with Gasteiger partial charge in [0.1, 0.15) is 34.5 Å². The molecule has 1 aromatic heterocycles. The molecule has 3 rings (SSSR count). The number of allylic oxidation sites excluding steroid dienone is 1. The summed E-state index contributed by atoms with van der Waals surface area (Å²) >= 11 is 0. The Morgan fingerprint density at radius 1 is 1.15 bits per heavy atom. The topological polar surface area (TPSA) is 111 Å². The molecule has 6 heteroatoms. The second-order valence-corrected chi connectivity index (χ2v) is 6.03. The van der Waals surface area contributed by atoms with Gasteiger partial charge < -0.3 is 24.8 Å². The minimum absolute atomic E-state index is 0.0292. The molecule has 0 atom stereocenters. The van der Waals surface area contributed by atoms with Crippen LogP contribution in [0, 0.1) is 0 Å². The van der Waals surface area contributed by atoms with Crippen LogP contribution >= 0.6 is 0 Å². The fourth-order valence-electron chi connectivity index (χ4n) is 2.68. The first-order valence-electron chi connectivity index (χ1n) is 7.97. The molecule has 6 nitrogen and oxygen atoms in total. The summed E-state index contributed by atoms with van der Waals surface area (Å²) in [5.74, 6) is -0.478. The first-order chi connectivity index (χ1) is 12.4. The van der Waals surface area contributed by atoms with Crippen LogP contribution in [0.25, 0.3) is 22.1 Å². The average molecular weight is 354 g/mol. The third-order valence-corrected chi connectivity index (χ3v) is 4.20. The Morgan fingerprint density at radius 3 is 2.50 bits per heavy atom. The molecule has 0 spiro atoms. The van der Waals surface area contributed by atoms with E-state index in [9.17, 15) is 20.1 Å². The van der Waals surface area contributed by atoms with E-state index in [4.69, 9.17) is 9.52 Å². The molecule has 0 radical (unpaired) electrons. The smallest absolute Gasteiger partial charge is 0.204 e. The van der Waals surface area contributed by atoms with Crippen LogP contribution in [-0.2, 0) is 6.42 Å². The monoisotopic (exact) mass is 354 g/mol. The molecule has 2 aromatic carbocycles. The van der Waals surface area contributed by atoms with Gasteiger partial charge in [0.15, 0.2) is 0 Å². The van der Waals surface area contributed by atoms with Gasteiger partial charge in [-0.25, -0.2) is 0 Å². The summed E-state index contributed by atoms with van der Waals surface area (Å²) in [6.45, 7) is 1.58. The lowest BCUT2D eigenvalue weighted by atomic mass is 10.0. The van der Waals surface area contributed by atoms with E-state index < -0.39 is 5.43 Å². The standard InChI is InChI=1S/C20H18O6/c1-11(9-21)2-7-14-16(23)8-17-18(19(14)24)20(25)15(10-26-17)12-3-5-13(22)6-4-12/h2-6,8,10,21-24H,7,9H2,1H3/b11-2-. The number of aliphatic hydroxyl groups is 1. The summed E-state index contributed by atoms with van der Waals surface area (Å²) < 4.78 is 5.43. The van der Waals surface area contributed by atoms with Crippen molar-refractivity contribution in [1.82, 2.24) is 0 Å². The Labute approximate surface area is 148 Å². The lowest BCUT2D eigenvalue weighted by molar-refractivity contribution is 0.331. The first-order valence-corrected chi connectivity index (χ1v) is 7.97. The highest BCUT2D eigenvalue weighted by atomic mass is 16.3. The molecule has 134 valence electrons. The van der Waals surface area contributed by atoms with Crippen LogP contribution in [0.15, 0.2) is 57.5 Å². The second-order valence-electron chi connectivity index (χ2n) is 6.03. The van der Waals surface area contributed by atoms with Gasteiger partial charge in [-0.2, -0.15) is 0 Å². The Morgan fingerprint density at radius 2 is 1.85 bits per heavy atom. The molecule has 0 fully saturated rings. The third kappa shape index (κ3) is 3.14. The summed E-state index contributed by atoms with van der Waals surface area (Å²) in [6, 6.07) is 7.32. The molecule has 0 unspecified atom stereocenters. The van der Waals surface area contributed by atoms with Crippen molar-refractivity contribution in [2.75, 3.05) is 6.61 Å². The van der Waals surface area contributed by atoms with Crippen LogP contribution < -0.4 is 5.43 Å². The van der Waals surface area contributed by atoms with Gasteiger partial charge in [-0.15, -0.1) is 0 Å². The number of fused-ring (bicyclic) bond motifs is 1. The third-order valence-electron chi connectivity index (χ3n) is 4.20. The zero-order chi connectivity index (χ0) is 18.8. The van der Waals surface area contributed by atoms with Crippen molar-refractivity contribution in [2.45, 2.75) is 13.3 Å². The van der Waals surface area contributed by atoms with Gasteiger partial charge in [-0.1, -0.05) is 23.8 Å². The molecule has 0 aliphatic heterocycles. The van der Waals surface area contributed by atoms with Gasteiger partial charge >= 0.3 is 0 Å². The van der Waals surface area contributed by atoms with Crippen LogP contribution in [-0.4, -0.2) is 27.0 Å². The van der Waals surface area contributed by atoms with Crippen LogP contribution in [0.5, 0.6) is 17.2 Å². The number of hydrogen-bond donors (Lipinski definition) is 4. The Bertz CT molecular complexity index is 1040. The molecule has 0 bridgehead atoms. The van der Waals surface area contributed by atoms with Gasteiger partial charge in [0.05, 0.1) is 12.2 Å². The molecule has 0 amide bonds. The Hall–Kier alpha value is -3.25. The maximum Gasteiger partial charge on any atom is 0.204 e. The average Bonchev–Trinajstić information content (AvgIpc) is 2.62. The van der Waals surface area contributed by atoms with Gasteiger partial charge in [0.2, 0.25) is 5.43 Å². The lowest BCUT2D eigenvalue weighted by Gasteiger charge is -2.10. The van der Waals surface area contributed by atoms with Crippen molar-refractivity contribution in [3.8, 4) is 28.4 Å². The van der Waals surface area contributed by atoms with E-state index >= 15 is 0 Å². The van der Waals surface area contributed by atoms with Gasteiger partial charge in [0.25, 0.3) is 0 Å². The molecule has 0 saturated carbocycles. The van der Waals surface area contributed by atoms with E-state index in [0.29, 0.717) is 11.1 Å². The summed E-state index contributed by atoms with van der Waals surface area (Å²) in [5, 5.41) is 39.1. The first kappa shape index (κ1) is 17.6. The largest absolute Gasteiger partial charge is 0.508 e. The second kappa shape index (κ2) is 6.93. The summed E-state index contributed by atoms with van der Waals surface area (Å²) in [4.78, 5) is 12.9. The van der Waals surface area contributed by atoms with Crippen molar-refractivity contribution in [2.24, 2.45) is 0 Å². The molecule has 4 N–H and O–H groups in total. The molecule has 26 heavy (non-hydrogen) atoms. The lowest BCUT2D eigenvalue weighted by Crippen LogP contribution is -2.06. The molecule has 1 heterocycles. The zero-order valence-electron chi connectivity index (χ0n) is 14.1. The van der Waals surface area contributed by atoms with Crippen molar-refractivity contribution < 1.29 is 24.8 Å². The highest BCUT2D eigenvalue weighted by molar-refractivity contribution is 5.89. The van der Waals surface area contributed by atoms with E-state index in [-0.39, 0.29) is 52.4 Å². The fraction of sp³-hybridized carbons (Fsp3) is 0.150. The van der Waals surface area contributed by atoms with Crippen LogP contribution in [0.2, 0.25) is 0 Å². The Balaban J connectivity index is 2.20. The van der Waals surface area contributed by atoms with Crippen molar-refractivity contribution in [3.05, 3.63) is 64.0 Å². The van der Waals surface area contributed by atoms with Crippen molar-refractivity contribution >= 4 is 11.0 Å². The Kier molecular flexibility index (Phi) is 4.69. The van der Waals surface area contributed by atoms with Gasteiger partial charge in [0, 0.05) is 11.6 Å². The highest BCUT2D eigenvalue weighted by Crippen LogP contribution is 2.35. The number of benzene rings is 2. The number of hydrogen-bond acceptors (Lipinski definition) is 6. The molecular formula is C20H18O6. The number of rotatable bonds is 4. The minimum atomic E-state index is -0.446. The number of aliphatic hydroxyl groups excluding tert-OH is 1. The van der Waals surface area contributed by atoms with E-state index in [1.165, 1.54) is 24.5 Å². The SMILES string of the molecule is C/C(=C/Cc1c(O)cc2occ(-c3ccc(O)cc3)c(=O)c2c1O)CO. The van der Waals surface area contributed by atoms with Crippen LogP contribution in [0.1, 0.15) is 12.5 Å². The maximum atomic E-state index is 12.9. The highest BCUT2D eigenvalue weighted by Gasteiger charge is 2.18. The number of phenolic OH excluding ortho intramolecular Hbond substituents is 3. The molecule has 3 aromatic rings. The normalized spacial score (nSPS) is 11.8. The number of phenols is 3. The van der Waals surface area contributed by atoms with Crippen molar-refractivity contribution in [3.63, 3.8) is 0 Å². The van der Waals surface area contributed by atoms with E-state index in [1.54, 1.807) is 25.1 Å².